The Balaban J connectivity index is 1.56. The van der Waals surface area contributed by atoms with Crippen LogP contribution in [0.25, 0.3) is 0 Å². The van der Waals surface area contributed by atoms with E-state index in [0.29, 0.717) is 24.1 Å². The average molecular weight is 346 g/mol. The molecule has 0 radical (unpaired) electrons. The molecule has 0 saturated carbocycles. The van der Waals surface area contributed by atoms with Gasteiger partial charge in [-0.3, -0.25) is 0 Å². The minimum absolute atomic E-state index is 0.298. The van der Waals surface area contributed by atoms with Crippen LogP contribution >= 0.6 is 11.8 Å². The van der Waals surface area contributed by atoms with Crippen molar-refractivity contribution in [2.75, 3.05) is 24.6 Å². The molecule has 0 bridgehead atoms. The van der Waals surface area contributed by atoms with Gasteiger partial charge in [0.05, 0.1) is 6.54 Å². The van der Waals surface area contributed by atoms with Crippen LogP contribution in [0, 0.1) is 5.82 Å². The first-order chi connectivity index (χ1) is 11.7. The van der Waals surface area contributed by atoms with E-state index in [2.05, 4.69) is 14.9 Å². The van der Waals surface area contributed by atoms with Gasteiger partial charge in [0, 0.05) is 36.9 Å². The van der Waals surface area contributed by atoms with Gasteiger partial charge >= 0.3 is 0 Å². The molecule has 1 fully saturated rings. The third kappa shape index (κ3) is 4.61. The van der Waals surface area contributed by atoms with Crippen LogP contribution in [0.2, 0.25) is 0 Å². The number of ether oxygens (including phenoxy) is 1. The van der Waals surface area contributed by atoms with Gasteiger partial charge in [-0.15, -0.1) is 0 Å². The Morgan fingerprint density at radius 2 is 1.96 bits per heavy atom. The monoisotopic (exact) mass is 346 g/mol. The lowest BCUT2D eigenvalue weighted by Crippen LogP contribution is -2.42. The summed E-state index contributed by atoms with van der Waals surface area (Å²) < 4.78 is 18.4. The van der Waals surface area contributed by atoms with Crippen molar-refractivity contribution in [1.82, 2.24) is 9.88 Å². The van der Waals surface area contributed by atoms with Crippen molar-refractivity contribution in [3.8, 4) is 11.6 Å². The Morgan fingerprint density at radius 3 is 2.62 bits per heavy atom. The van der Waals surface area contributed by atoms with Gasteiger partial charge in [0.2, 0.25) is 5.88 Å². The Morgan fingerprint density at radius 1 is 1.21 bits per heavy atom. The van der Waals surface area contributed by atoms with Crippen LogP contribution in [0.5, 0.6) is 11.6 Å². The second-order valence-corrected chi connectivity index (χ2v) is 6.56. The molecule has 5 nitrogen and oxygen atoms in total. The van der Waals surface area contributed by atoms with Crippen LogP contribution in [0.15, 0.2) is 47.6 Å². The highest BCUT2D eigenvalue weighted by molar-refractivity contribution is 7.99. The van der Waals surface area contributed by atoms with Crippen LogP contribution in [0.3, 0.4) is 0 Å². The fraction of sp³-hybridized carbons (Fsp3) is 0.294. The summed E-state index contributed by atoms with van der Waals surface area (Å²) in [5.41, 5.74) is 6.99. The number of thioether (sulfide) groups is 1. The third-order valence-corrected chi connectivity index (χ3v) is 4.53. The fourth-order valence-electron chi connectivity index (χ4n) is 2.25. The van der Waals surface area contributed by atoms with E-state index in [1.807, 2.05) is 17.8 Å². The van der Waals surface area contributed by atoms with E-state index in [1.54, 1.807) is 24.4 Å². The Bertz CT molecular complexity index is 685. The molecular formula is C17H19FN4OS. The first-order valence-electron chi connectivity index (χ1n) is 7.72. The van der Waals surface area contributed by atoms with Gasteiger partial charge in [0.15, 0.2) is 5.96 Å². The molecule has 0 spiro atoms. The van der Waals surface area contributed by atoms with Crippen LogP contribution in [-0.2, 0) is 6.54 Å². The van der Waals surface area contributed by atoms with Gasteiger partial charge < -0.3 is 15.4 Å². The zero-order chi connectivity index (χ0) is 16.8. The van der Waals surface area contributed by atoms with E-state index in [4.69, 9.17) is 10.5 Å². The molecule has 7 heteroatoms. The van der Waals surface area contributed by atoms with Crippen molar-refractivity contribution in [1.29, 1.82) is 0 Å². The summed E-state index contributed by atoms with van der Waals surface area (Å²) in [5.74, 6) is 3.47. The molecule has 0 amide bonds. The van der Waals surface area contributed by atoms with E-state index >= 15 is 0 Å². The smallest absolute Gasteiger partial charge is 0.219 e. The number of hydrogen-bond donors (Lipinski definition) is 1. The number of benzene rings is 1. The number of nitrogens with two attached hydrogens (primary N) is 1. The number of rotatable bonds is 4. The lowest BCUT2D eigenvalue weighted by atomic mass is 10.3. The molecule has 24 heavy (non-hydrogen) atoms. The van der Waals surface area contributed by atoms with Crippen LogP contribution < -0.4 is 10.5 Å². The minimum atomic E-state index is -0.298. The summed E-state index contributed by atoms with van der Waals surface area (Å²) in [7, 11) is 0. The van der Waals surface area contributed by atoms with Gasteiger partial charge in [-0.05, 0) is 29.8 Å². The predicted octanol–water partition coefficient (Wildman–Crippen LogP) is 2.88. The maximum absolute atomic E-state index is 12.9. The summed E-state index contributed by atoms with van der Waals surface area (Å²) in [5, 5.41) is 0. The number of halogens is 1. The summed E-state index contributed by atoms with van der Waals surface area (Å²) in [6.45, 7) is 2.38. The molecule has 1 aromatic carbocycles. The first-order valence-corrected chi connectivity index (χ1v) is 8.87. The molecule has 0 atom stereocenters. The second kappa shape index (κ2) is 8.01. The molecule has 2 N–H and O–H groups in total. The van der Waals surface area contributed by atoms with E-state index in [1.165, 1.54) is 12.1 Å². The van der Waals surface area contributed by atoms with E-state index in [0.717, 1.165) is 30.2 Å². The van der Waals surface area contributed by atoms with Crippen molar-refractivity contribution in [3.05, 3.63) is 54.0 Å². The number of pyridine rings is 1. The zero-order valence-electron chi connectivity index (χ0n) is 13.2. The van der Waals surface area contributed by atoms with Crippen LogP contribution in [0.1, 0.15) is 5.56 Å². The SMILES string of the molecule is NC(=NCc1ccc(Oc2ccc(F)cc2)nc1)N1CCSCC1. The highest BCUT2D eigenvalue weighted by atomic mass is 32.2. The lowest BCUT2D eigenvalue weighted by Gasteiger charge is -2.27. The number of guanidine groups is 1. The summed E-state index contributed by atoms with van der Waals surface area (Å²) >= 11 is 1.94. The topological polar surface area (TPSA) is 63.7 Å². The number of aliphatic imine (C=N–C) groups is 1. The largest absolute Gasteiger partial charge is 0.439 e. The normalized spacial score (nSPS) is 15.4. The van der Waals surface area contributed by atoms with Gasteiger partial charge in [0.1, 0.15) is 11.6 Å². The summed E-state index contributed by atoms with van der Waals surface area (Å²) in [6, 6.07) is 9.48. The fourth-order valence-corrected chi connectivity index (χ4v) is 3.16. The maximum Gasteiger partial charge on any atom is 0.219 e. The maximum atomic E-state index is 12.9. The Labute approximate surface area is 144 Å². The molecule has 0 unspecified atom stereocenters. The second-order valence-electron chi connectivity index (χ2n) is 5.33. The molecule has 1 aromatic heterocycles. The summed E-state index contributed by atoms with van der Waals surface area (Å²) in [4.78, 5) is 10.8. The average Bonchev–Trinajstić information content (AvgIpc) is 2.63. The van der Waals surface area contributed by atoms with Crippen molar-refractivity contribution >= 4 is 17.7 Å². The molecule has 2 heterocycles. The van der Waals surface area contributed by atoms with E-state index in [9.17, 15) is 4.39 Å². The molecule has 1 aliphatic rings. The van der Waals surface area contributed by atoms with Crippen molar-refractivity contribution in [2.24, 2.45) is 10.7 Å². The van der Waals surface area contributed by atoms with Crippen molar-refractivity contribution in [3.63, 3.8) is 0 Å². The number of aromatic nitrogens is 1. The van der Waals surface area contributed by atoms with Crippen LogP contribution in [-0.4, -0.2) is 40.4 Å². The summed E-state index contributed by atoms with van der Waals surface area (Å²) in [6.07, 6.45) is 1.71. The molecular weight excluding hydrogens is 327 g/mol. The molecule has 3 rings (SSSR count). The Kier molecular flexibility index (Phi) is 5.53. The number of hydrogen-bond acceptors (Lipinski definition) is 4. The molecule has 2 aromatic rings. The van der Waals surface area contributed by atoms with Gasteiger partial charge in [-0.1, -0.05) is 6.07 Å². The van der Waals surface area contributed by atoms with Gasteiger partial charge in [0.25, 0.3) is 0 Å². The van der Waals surface area contributed by atoms with Gasteiger partial charge in [-0.25, -0.2) is 14.4 Å². The van der Waals surface area contributed by atoms with Gasteiger partial charge in [-0.2, -0.15) is 11.8 Å². The quantitative estimate of drug-likeness (QED) is 0.681. The predicted molar refractivity (Wildman–Crippen MR) is 94.9 cm³/mol. The molecule has 126 valence electrons. The molecule has 0 aliphatic carbocycles. The zero-order valence-corrected chi connectivity index (χ0v) is 14.0. The lowest BCUT2D eigenvalue weighted by molar-refractivity contribution is 0.455. The van der Waals surface area contributed by atoms with E-state index in [-0.39, 0.29) is 5.82 Å². The highest BCUT2D eigenvalue weighted by Gasteiger charge is 2.11. The minimum Gasteiger partial charge on any atom is -0.439 e. The molecule has 1 saturated heterocycles. The first kappa shape index (κ1) is 16.6. The third-order valence-electron chi connectivity index (χ3n) is 3.59. The van der Waals surface area contributed by atoms with E-state index < -0.39 is 0 Å². The highest BCUT2D eigenvalue weighted by Crippen LogP contribution is 2.19. The Hall–Kier alpha value is -2.28. The standard InChI is InChI=1S/C17H19FN4OS/c18-14-2-4-15(5-3-14)23-16-6-1-13(11-20-16)12-21-17(19)22-7-9-24-10-8-22/h1-6,11H,7-10,12H2,(H2,19,21). The van der Waals surface area contributed by atoms with Crippen molar-refractivity contribution < 1.29 is 9.13 Å². The molecule has 1 aliphatic heterocycles. The van der Waals surface area contributed by atoms with Crippen molar-refractivity contribution in [2.45, 2.75) is 6.54 Å². The number of nitrogens with zero attached hydrogens (tertiary/aromatic N) is 3. The van der Waals surface area contributed by atoms with Crippen LogP contribution in [0.4, 0.5) is 4.39 Å².